The molecule has 0 spiro atoms. The first-order valence-corrected chi connectivity index (χ1v) is 10.2. The normalized spacial score (nSPS) is 15.5. The highest BCUT2D eigenvalue weighted by Crippen LogP contribution is 2.38. The molecule has 0 bridgehead atoms. The number of rotatable bonds is 5. The second kappa shape index (κ2) is 7.48. The minimum atomic E-state index is -0.101. The van der Waals surface area contributed by atoms with Crippen LogP contribution in [-0.4, -0.2) is 22.7 Å². The molecule has 1 aromatic heterocycles. The minimum absolute atomic E-state index is 0.0973. The summed E-state index contributed by atoms with van der Waals surface area (Å²) >= 11 is 3.15. The van der Waals surface area contributed by atoms with Gasteiger partial charge in [-0.1, -0.05) is 54.6 Å². The maximum absolute atomic E-state index is 13.2. The molecule has 5 heteroatoms. The summed E-state index contributed by atoms with van der Waals surface area (Å²) in [6, 6.07) is 18.3. The van der Waals surface area contributed by atoms with Crippen LogP contribution in [0.2, 0.25) is 0 Å². The third-order valence-corrected chi connectivity index (χ3v) is 6.46. The Balaban J connectivity index is 1.58. The van der Waals surface area contributed by atoms with E-state index in [4.69, 9.17) is 4.98 Å². The number of carbonyl (C=O) groups is 1. The molecule has 0 fully saturated rings. The topological polar surface area (TPSA) is 33.2 Å². The Kier molecular flexibility index (Phi) is 4.91. The summed E-state index contributed by atoms with van der Waals surface area (Å²) in [4.78, 5) is 20.8. The standard InChI is InChI=1S/C21H18N2OS2/c1-2-12-23(20(24)19-13-16-10-6-7-11-18(16)26-19)21-22-17(14-25-21)15-8-4-3-5-9-15/h2-11,14,19H,1,12-13H2/t19-/m0/s1. The van der Waals surface area contributed by atoms with Crippen LogP contribution >= 0.6 is 23.1 Å². The number of thiazole rings is 1. The van der Waals surface area contributed by atoms with Crippen LogP contribution in [0.25, 0.3) is 11.3 Å². The Morgan fingerprint density at radius 2 is 1.96 bits per heavy atom. The monoisotopic (exact) mass is 378 g/mol. The highest BCUT2D eigenvalue weighted by atomic mass is 32.2. The van der Waals surface area contributed by atoms with E-state index >= 15 is 0 Å². The predicted molar refractivity (Wildman–Crippen MR) is 110 cm³/mol. The summed E-state index contributed by atoms with van der Waals surface area (Å²) in [6.45, 7) is 4.28. The van der Waals surface area contributed by atoms with Gasteiger partial charge in [-0.3, -0.25) is 9.69 Å². The molecular weight excluding hydrogens is 360 g/mol. The van der Waals surface area contributed by atoms with E-state index in [1.165, 1.54) is 21.8 Å². The highest BCUT2D eigenvalue weighted by molar-refractivity contribution is 8.01. The molecule has 3 aromatic rings. The Labute approximate surface area is 161 Å². The summed E-state index contributed by atoms with van der Waals surface area (Å²) in [5.74, 6) is 0.0973. The molecule has 0 saturated heterocycles. The third-order valence-electron chi connectivity index (χ3n) is 4.29. The molecule has 1 amide bonds. The summed E-state index contributed by atoms with van der Waals surface area (Å²) in [5, 5.41) is 2.63. The molecule has 4 rings (SSSR count). The van der Waals surface area contributed by atoms with E-state index in [-0.39, 0.29) is 11.2 Å². The first-order valence-electron chi connectivity index (χ1n) is 8.44. The van der Waals surface area contributed by atoms with Gasteiger partial charge >= 0.3 is 0 Å². The van der Waals surface area contributed by atoms with Gasteiger partial charge in [0.2, 0.25) is 5.91 Å². The van der Waals surface area contributed by atoms with Crippen LogP contribution in [0, 0.1) is 0 Å². The van der Waals surface area contributed by atoms with Gasteiger partial charge in [-0.2, -0.15) is 0 Å². The number of fused-ring (bicyclic) bond motifs is 1. The van der Waals surface area contributed by atoms with Crippen LogP contribution in [0.1, 0.15) is 5.56 Å². The SMILES string of the molecule is C=CCN(C(=O)[C@@H]1Cc2ccccc2S1)c1nc(-c2ccccc2)cs1. The van der Waals surface area contributed by atoms with Crippen LogP contribution in [0.5, 0.6) is 0 Å². The number of anilines is 1. The lowest BCUT2D eigenvalue weighted by atomic mass is 10.1. The highest BCUT2D eigenvalue weighted by Gasteiger charge is 2.32. The lowest BCUT2D eigenvalue weighted by Crippen LogP contribution is -2.37. The number of amides is 1. The van der Waals surface area contributed by atoms with E-state index in [0.717, 1.165) is 22.8 Å². The fourth-order valence-electron chi connectivity index (χ4n) is 3.01. The quantitative estimate of drug-likeness (QED) is 0.583. The number of nitrogens with zero attached hydrogens (tertiary/aromatic N) is 2. The summed E-state index contributed by atoms with van der Waals surface area (Å²) < 4.78 is 0. The Hall–Kier alpha value is -2.37. The first kappa shape index (κ1) is 17.1. The van der Waals surface area contributed by atoms with Crippen molar-refractivity contribution in [2.24, 2.45) is 0 Å². The number of hydrogen-bond acceptors (Lipinski definition) is 4. The lowest BCUT2D eigenvalue weighted by molar-refractivity contribution is -0.117. The molecule has 0 aliphatic carbocycles. The van der Waals surface area contributed by atoms with Crippen molar-refractivity contribution in [3.8, 4) is 11.3 Å². The van der Waals surface area contributed by atoms with Gasteiger partial charge in [-0.05, 0) is 18.1 Å². The van der Waals surface area contributed by atoms with Crippen LogP contribution in [0.4, 0.5) is 5.13 Å². The van der Waals surface area contributed by atoms with Crippen LogP contribution in [0.3, 0.4) is 0 Å². The minimum Gasteiger partial charge on any atom is -0.283 e. The van der Waals surface area contributed by atoms with Crippen molar-refractivity contribution in [1.82, 2.24) is 4.98 Å². The largest absolute Gasteiger partial charge is 0.283 e. The molecule has 2 heterocycles. The van der Waals surface area contributed by atoms with Crippen molar-refractivity contribution in [2.45, 2.75) is 16.6 Å². The molecule has 0 radical (unpaired) electrons. The fourth-order valence-corrected chi connectivity index (χ4v) is 5.12. The van der Waals surface area contributed by atoms with Gasteiger partial charge in [0.05, 0.1) is 10.9 Å². The van der Waals surface area contributed by atoms with E-state index < -0.39 is 0 Å². The molecule has 0 saturated carbocycles. The number of thioether (sulfide) groups is 1. The van der Waals surface area contributed by atoms with E-state index in [9.17, 15) is 4.79 Å². The fraction of sp³-hybridized carbons (Fsp3) is 0.143. The van der Waals surface area contributed by atoms with E-state index in [2.05, 4.69) is 18.7 Å². The van der Waals surface area contributed by atoms with Crippen molar-refractivity contribution in [2.75, 3.05) is 11.4 Å². The van der Waals surface area contributed by atoms with Gasteiger partial charge in [-0.15, -0.1) is 29.7 Å². The van der Waals surface area contributed by atoms with Gasteiger partial charge in [0.25, 0.3) is 0 Å². The average Bonchev–Trinajstić information content (AvgIpc) is 3.33. The molecule has 3 nitrogen and oxygen atoms in total. The van der Waals surface area contributed by atoms with Gasteiger partial charge in [-0.25, -0.2) is 4.98 Å². The average molecular weight is 379 g/mol. The number of benzene rings is 2. The number of carbonyl (C=O) groups excluding carboxylic acids is 1. The second-order valence-electron chi connectivity index (χ2n) is 6.04. The maximum Gasteiger partial charge on any atom is 0.242 e. The van der Waals surface area contributed by atoms with Gasteiger partial charge in [0, 0.05) is 22.4 Å². The van der Waals surface area contributed by atoms with Crippen molar-refractivity contribution in [3.63, 3.8) is 0 Å². The first-order chi connectivity index (χ1) is 12.8. The zero-order valence-electron chi connectivity index (χ0n) is 14.2. The Bertz CT molecular complexity index is 911. The lowest BCUT2D eigenvalue weighted by Gasteiger charge is -2.21. The Morgan fingerprint density at radius 1 is 1.19 bits per heavy atom. The molecule has 0 unspecified atom stereocenters. The van der Waals surface area contributed by atoms with Crippen LogP contribution < -0.4 is 4.90 Å². The van der Waals surface area contributed by atoms with Gasteiger partial charge < -0.3 is 0 Å². The second-order valence-corrected chi connectivity index (χ2v) is 8.12. The van der Waals surface area contributed by atoms with E-state index in [1.807, 2.05) is 47.8 Å². The summed E-state index contributed by atoms with van der Waals surface area (Å²) in [7, 11) is 0. The molecule has 1 aliphatic heterocycles. The zero-order valence-corrected chi connectivity index (χ0v) is 15.8. The van der Waals surface area contributed by atoms with Crippen molar-refractivity contribution >= 4 is 34.1 Å². The van der Waals surface area contributed by atoms with E-state index in [1.54, 1.807) is 22.7 Å². The maximum atomic E-state index is 13.2. The van der Waals surface area contributed by atoms with E-state index in [0.29, 0.717) is 6.54 Å². The third kappa shape index (κ3) is 3.32. The van der Waals surface area contributed by atoms with Crippen molar-refractivity contribution in [3.05, 3.63) is 78.2 Å². The molecule has 1 atom stereocenters. The molecule has 1 aliphatic rings. The predicted octanol–water partition coefficient (Wildman–Crippen LogP) is 5.05. The number of aromatic nitrogens is 1. The van der Waals surface area contributed by atoms with Crippen molar-refractivity contribution in [1.29, 1.82) is 0 Å². The smallest absolute Gasteiger partial charge is 0.242 e. The van der Waals surface area contributed by atoms with Crippen LogP contribution in [0.15, 0.2) is 77.5 Å². The van der Waals surface area contributed by atoms with Crippen LogP contribution in [-0.2, 0) is 11.2 Å². The zero-order chi connectivity index (χ0) is 17.9. The summed E-state index contributed by atoms with van der Waals surface area (Å²) in [5.41, 5.74) is 3.21. The van der Waals surface area contributed by atoms with Gasteiger partial charge in [0.15, 0.2) is 5.13 Å². The molecule has 26 heavy (non-hydrogen) atoms. The van der Waals surface area contributed by atoms with Crippen molar-refractivity contribution < 1.29 is 4.79 Å². The molecule has 2 aromatic carbocycles. The van der Waals surface area contributed by atoms with Gasteiger partial charge in [0.1, 0.15) is 0 Å². The molecular formula is C21H18N2OS2. The number of hydrogen-bond donors (Lipinski definition) is 0. The summed E-state index contributed by atoms with van der Waals surface area (Å²) in [6.07, 6.45) is 2.53. The molecule has 130 valence electrons. The Morgan fingerprint density at radius 3 is 2.73 bits per heavy atom. The molecule has 0 N–H and O–H groups in total.